The molecule has 0 aliphatic rings. The van der Waals surface area contributed by atoms with Crippen LogP contribution in [0, 0.1) is 0 Å². The van der Waals surface area contributed by atoms with E-state index in [2.05, 4.69) is 86.8 Å². The minimum absolute atomic E-state index is 0.0953. The quantitative estimate of drug-likeness (QED) is 0.0270. The van der Waals surface area contributed by atoms with Crippen LogP contribution in [0.15, 0.2) is 72.9 Å². The number of ether oxygens (including phenoxy) is 2. The largest absolute Gasteiger partial charge is 0.472 e. The maximum atomic E-state index is 12.6. The van der Waals surface area contributed by atoms with Gasteiger partial charge in [0.2, 0.25) is 0 Å². The van der Waals surface area contributed by atoms with Crippen molar-refractivity contribution in [3.8, 4) is 0 Å². The summed E-state index contributed by atoms with van der Waals surface area (Å²) in [5.74, 6) is -0.345. The number of allylic oxidation sites excluding steroid dienone is 12. The molecule has 336 valence electrons. The van der Waals surface area contributed by atoms with Gasteiger partial charge in [0.05, 0.1) is 19.8 Å². The van der Waals surface area contributed by atoms with Gasteiger partial charge in [0.1, 0.15) is 6.10 Å². The molecule has 0 aromatic rings. The molecule has 0 heterocycles. The average molecular weight is 834 g/mol. The average Bonchev–Trinajstić information content (AvgIpc) is 3.21. The molecule has 0 spiro atoms. The van der Waals surface area contributed by atoms with E-state index in [4.69, 9.17) is 24.3 Å². The van der Waals surface area contributed by atoms with Gasteiger partial charge < -0.3 is 20.1 Å². The molecule has 0 saturated heterocycles. The third kappa shape index (κ3) is 45.0. The molecule has 0 saturated carbocycles. The van der Waals surface area contributed by atoms with E-state index in [0.717, 1.165) is 83.5 Å². The molecule has 0 aliphatic carbocycles. The Kier molecular flexibility index (Phi) is 44.4. The highest BCUT2D eigenvalue weighted by Gasteiger charge is 2.25. The molecule has 2 unspecified atom stereocenters. The van der Waals surface area contributed by atoms with Crippen molar-refractivity contribution in [1.29, 1.82) is 0 Å². The number of rotatable bonds is 44. The second-order valence-corrected chi connectivity index (χ2v) is 16.7. The first-order valence-corrected chi connectivity index (χ1v) is 24.9. The van der Waals surface area contributed by atoms with Crippen molar-refractivity contribution < 1.29 is 32.8 Å². The van der Waals surface area contributed by atoms with Gasteiger partial charge in [0.25, 0.3) is 0 Å². The van der Waals surface area contributed by atoms with E-state index < -0.39 is 13.9 Å². The first-order chi connectivity index (χ1) is 28.4. The lowest BCUT2D eigenvalue weighted by Crippen LogP contribution is -2.28. The lowest BCUT2D eigenvalue weighted by molar-refractivity contribution is -0.154. The molecule has 58 heavy (non-hydrogen) atoms. The van der Waals surface area contributed by atoms with Crippen LogP contribution in [0.4, 0.5) is 0 Å². The number of unbranched alkanes of at least 4 members (excludes halogenated alkanes) is 19. The summed E-state index contributed by atoms with van der Waals surface area (Å²) < 4.78 is 33.5. The van der Waals surface area contributed by atoms with Crippen LogP contribution in [0.5, 0.6) is 0 Å². The zero-order valence-corrected chi connectivity index (χ0v) is 38.2. The maximum Gasteiger partial charge on any atom is 0.472 e. The number of nitrogens with two attached hydrogens (primary N) is 1. The summed E-state index contributed by atoms with van der Waals surface area (Å²) >= 11 is 0. The SMILES string of the molecule is CC/C=C\C/C=C\C/C=C\C/C=C\C/C=C\C/C=C\CCCCCCCCC(=O)OC(COCCCCCCCCCCCCCCCC)COP(=O)(O)OCCN. The Morgan fingerprint density at radius 2 is 0.966 bits per heavy atom. The predicted octanol–water partition coefficient (Wildman–Crippen LogP) is 14.3. The minimum atomic E-state index is -4.28. The zero-order chi connectivity index (χ0) is 42.3. The summed E-state index contributed by atoms with van der Waals surface area (Å²) in [6, 6.07) is 0. The summed E-state index contributed by atoms with van der Waals surface area (Å²) in [7, 11) is -4.28. The third-order valence-electron chi connectivity index (χ3n) is 9.64. The molecule has 0 aliphatic heterocycles. The fraction of sp³-hybridized carbons (Fsp3) is 0.735. The van der Waals surface area contributed by atoms with E-state index in [1.54, 1.807) is 0 Å². The zero-order valence-electron chi connectivity index (χ0n) is 37.3. The first kappa shape index (κ1) is 55.9. The van der Waals surface area contributed by atoms with Gasteiger partial charge in [-0.2, -0.15) is 0 Å². The van der Waals surface area contributed by atoms with Crippen LogP contribution in [0.25, 0.3) is 0 Å². The highest BCUT2D eigenvalue weighted by molar-refractivity contribution is 7.47. The number of hydrogen-bond acceptors (Lipinski definition) is 7. The van der Waals surface area contributed by atoms with Gasteiger partial charge in [-0.1, -0.05) is 196 Å². The van der Waals surface area contributed by atoms with E-state index in [1.807, 2.05) is 0 Å². The molecule has 0 aromatic carbocycles. The van der Waals surface area contributed by atoms with E-state index in [0.29, 0.717) is 13.0 Å². The topological polar surface area (TPSA) is 117 Å². The molecule has 2 atom stereocenters. The second-order valence-electron chi connectivity index (χ2n) is 15.2. The second kappa shape index (κ2) is 46.0. The van der Waals surface area contributed by atoms with Crippen molar-refractivity contribution in [1.82, 2.24) is 0 Å². The Bertz CT molecular complexity index is 1120. The Hall–Kier alpha value is -2.06. The number of carbonyl (C=O) groups is 1. The molecule has 0 fully saturated rings. The summed E-state index contributed by atoms with van der Waals surface area (Å²) in [6.07, 6.45) is 57.8. The monoisotopic (exact) mass is 834 g/mol. The smallest absolute Gasteiger partial charge is 0.457 e. The fourth-order valence-electron chi connectivity index (χ4n) is 6.24. The molecule has 3 N–H and O–H groups in total. The van der Waals surface area contributed by atoms with Gasteiger partial charge in [-0.25, -0.2) is 4.57 Å². The Labute approximate surface area is 356 Å². The lowest BCUT2D eigenvalue weighted by atomic mass is 10.0. The molecule has 0 radical (unpaired) electrons. The number of hydrogen-bond donors (Lipinski definition) is 2. The minimum Gasteiger partial charge on any atom is -0.457 e. The molecule has 0 bridgehead atoms. The van der Waals surface area contributed by atoms with Crippen molar-refractivity contribution >= 4 is 13.8 Å². The van der Waals surface area contributed by atoms with Crippen molar-refractivity contribution in [3.05, 3.63) is 72.9 Å². The lowest BCUT2D eigenvalue weighted by Gasteiger charge is -2.20. The first-order valence-electron chi connectivity index (χ1n) is 23.4. The van der Waals surface area contributed by atoms with Crippen molar-refractivity contribution in [3.63, 3.8) is 0 Å². The van der Waals surface area contributed by atoms with E-state index >= 15 is 0 Å². The molecule has 0 aromatic heterocycles. The molecule has 8 nitrogen and oxygen atoms in total. The Morgan fingerprint density at radius 1 is 0.534 bits per heavy atom. The van der Waals surface area contributed by atoms with Gasteiger partial charge in [-0.3, -0.25) is 13.8 Å². The molecule has 9 heteroatoms. The van der Waals surface area contributed by atoms with Crippen LogP contribution in [-0.2, 0) is 27.9 Å². The summed E-state index contributed by atoms with van der Waals surface area (Å²) in [6.45, 7) is 4.79. The van der Waals surface area contributed by atoms with Crippen molar-refractivity contribution in [2.24, 2.45) is 5.73 Å². The van der Waals surface area contributed by atoms with Gasteiger partial charge in [-0.05, 0) is 64.2 Å². The van der Waals surface area contributed by atoms with Gasteiger partial charge in [0, 0.05) is 19.6 Å². The number of phosphoric acid groups is 1. The van der Waals surface area contributed by atoms with E-state index in [9.17, 15) is 14.3 Å². The summed E-state index contributed by atoms with van der Waals surface area (Å²) in [4.78, 5) is 22.5. The van der Waals surface area contributed by atoms with Crippen LogP contribution < -0.4 is 5.73 Å². The normalized spacial score (nSPS) is 14.1. The van der Waals surface area contributed by atoms with Crippen LogP contribution in [0.3, 0.4) is 0 Å². The van der Waals surface area contributed by atoms with Gasteiger partial charge >= 0.3 is 13.8 Å². The fourth-order valence-corrected chi connectivity index (χ4v) is 7.00. The number of carbonyl (C=O) groups excluding carboxylic acids is 1. The molecule has 0 rings (SSSR count). The Morgan fingerprint density at radius 3 is 1.45 bits per heavy atom. The Balaban J connectivity index is 4.03. The van der Waals surface area contributed by atoms with Gasteiger partial charge in [-0.15, -0.1) is 0 Å². The number of esters is 1. The third-order valence-corrected chi connectivity index (χ3v) is 10.6. The van der Waals surface area contributed by atoms with E-state index in [-0.39, 0.29) is 32.3 Å². The standard InChI is InChI=1S/C49H88NO7P/c1-3-5-7-9-11-13-15-17-19-20-21-22-23-24-25-26-27-28-29-30-32-34-36-38-40-42-49(51)57-48(47-56-58(52,53)55-45-43-50)46-54-44-41-39-37-35-33-31-18-16-14-12-10-8-6-4-2/h5,7,11,13,17,19,21-22,24-25,27-28,48H,3-4,6,8-10,12,14-16,18,20,23,26,29-47,50H2,1-2H3,(H,52,53)/b7-5-,13-11-,19-17-,22-21-,25-24-,28-27-. The van der Waals surface area contributed by atoms with Crippen LogP contribution in [-0.4, -0.2) is 49.9 Å². The highest BCUT2D eigenvalue weighted by Crippen LogP contribution is 2.43. The molecule has 0 amide bonds. The van der Waals surface area contributed by atoms with Crippen molar-refractivity contribution in [2.75, 3.05) is 33.0 Å². The number of phosphoric ester groups is 1. The van der Waals surface area contributed by atoms with Crippen LogP contribution in [0.1, 0.15) is 194 Å². The predicted molar refractivity (Wildman–Crippen MR) is 247 cm³/mol. The molecular weight excluding hydrogens is 746 g/mol. The van der Waals surface area contributed by atoms with Crippen molar-refractivity contribution in [2.45, 2.75) is 200 Å². The highest BCUT2D eigenvalue weighted by atomic mass is 31.2. The van der Waals surface area contributed by atoms with E-state index in [1.165, 1.54) is 89.9 Å². The maximum absolute atomic E-state index is 12.6. The van der Waals surface area contributed by atoms with Gasteiger partial charge in [0.15, 0.2) is 0 Å². The summed E-state index contributed by atoms with van der Waals surface area (Å²) in [5.41, 5.74) is 5.37. The molecular formula is C49H88NO7P. The van der Waals surface area contributed by atoms with Crippen LogP contribution in [0.2, 0.25) is 0 Å². The summed E-state index contributed by atoms with van der Waals surface area (Å²) in [5, 5.41) is 0. The van der Waals surface area contributed by atoms with Crippen LogP contribution >= 0.6 is 7.82 Å².